The number of morpholine rings is 1. The zero-order chi connectivity index (χ0) is 14.0. The van der Waals surface area contributed by atoms with Gasteiger partial charge in [0.15, 0.2) is 5.78 Å². The molecule has 0 saturated carbocycles. The van der Waals surface area contributed by atoms with Crippen molar-refractivity contribution in [2.24, 2.45) is 0 Å². The van der Waals surface area contributed by atoms with E-state index in [-0.39, 0.29) is 5.78 Å². The molecule has 1 heterocycles. The summed E-state index contributed by atoms with van der Waals surface area (Å²) in [5.41, 5.74) is -0.136. The smallest absolute Gasteiger partial charge is 0.184 e. The van der Waals surface area contributed by atoms with Crippen molar-refractivity contribution in [2.45, 2.75) is 19.4 Å². The molecule has 1 saturated heterocycles. The standard InChI is InChI=1S/C14H17Cl2NO2/c1-14(2,17-5-7-19-8-6-17)13(18)11-9-10(15)3-4-12(11)16/h3-4,9H,5-8H2,1-2H3. The maximum atomic E-state index is 12.7. The molecule has 1 aliphatic heterocycles. The topological polar surface area (TPSA) is 29.5 Å². The molecule has 1 aromatic rings. The number of carbonyl (C=O) groups is 1. The molecule has 1 fully saturated rings. The Hall–Kier alpha value is -0.610. The molecule has 0 N–H and O–H groups in total. The van der Waals surface area contributed by atoms with Crippen LogP contribution in [0.3, 0.4) is 0 Å². The Balaban J connectivity index is 2.28. The molecular weight excluding hydrogens is 285 g/mol. The zero-order valence-corrected chi connectivity index (χ0v) is 12.6. The summed E-state index contributed by atoms with van der Waals surface area (Å²) in [6, 6.07) is 4.98. The van der Waals surface area contributed by atoms with E-state index in [1.807, 2.05) is 13.8 Å². The second-order valence-electron chi connectivity index (χ2n) is 5.11. The summed E-state index contributed by atoms with van der Waals surface area (Å²) in [5, 5.41) is 0.960. The highest BCUT2D eigenvalue weighted by molar-refractivity contribution is 6.36. The molecule has 1 aromatic carbocycles. The third-order valence-electron chi connectivity index (χ3n) is 3.53. The van der Waals surface area contributed by atoms with Crippen molar-refractivity contribution in [1.82, 2.24) is 4.90 Å². The monoisotopic (exact) mass is 301 g/mol. The number of hydrogen-bond donors (Lipinski definition) is 0. The first-order valence-electron chi connectivity index (χ1n) is 6.25. The Morgan fingerprint density at radius 3 is 2.53 bits per heavy atom. The van der Waals surface area contributed by atoms with E-state index in [1.54, 1.807) is 18.2 Å². The fraction of sp³-hybridized carbons (Fsp3) is 0.500. The number of nitrogens with zero attached hydrogens (tertiary/aromatic N) is 1. The second kappa shape index (κ2) is 5.80. The molecule has 0 bridgehead atoms. The lowest BCUT2D eigenvalue weighted by Gasteiger charge is -2.39. The molecule has 0 unspecified atom stereocenters. The molecule has 0 amide bonds. The van der Waals surface area contributed by atoms with Crippen LogP contribution in [0, 0.1) is 0 Å². The number of ether oxygens (including phenoxy) is 1. The van der Waals surface area contributed by atoms with Crippen LogP contribution >= 0.6 is 23.2 Å². The van der Waals surface area contributed by atoms with Crippen LogP contribution in [0.5, 0.6) is 0 Å². The molecule has 104 valence electrons. The van der Waals surface area contributed by atoms with Gasteiger partial charge in [-0.3, -0.25) is 9.69 Å². The van der Waals surface area contributed by atoms with Crippen LogP contribution in [0.1, 0.15) is 24.2 Å². The molecule has 19 heavy (non-hydrogen) atoms. The van der Waals surface area contributed by atoms with Crippen molar-refractivity contribution in [3.05, 3.63) is 33.8 Å². The number of halogens is 2. The van der Waals surface area contributed by atoms with Gasteiger partial charge in [-0.15, -0.1) is 0 Å². The van der Waals surface area contributed by atoms with E-state index < -0.39 is 5.54 Å². The summed E-state index contributed by atoms with van der Waals surface area (Å²) < 4.78 is 5.32. The van der Waals surface area contributed by atoms with Crippen LogP contribution in [-0.2, 0) is 4.74 Å². The molecule has 0 radical (unpaired) electrons. The highest BCUT2D eigenvalue weighted by Crippen LogP contribution is 2.28. The van der Waals surface area contributed by atoms with Gasteiger partial charge < -0.3 is 4.74 Å². The Bertz CT molecular complexity index is 482. The van der Waals surface area contributed by atoms with E-state index in [0.29, 0.717) is 28.8 Å². The number of benzene rings is 1. The van der Waals surface area contributed by atoms with Gasteiger partial charge in [-0.25, -0.2) is 0 Å². The summed E-state index contributed by atoms with van der Waals surface area (Å²) in [4.78, 5) is 14.8. The van der Waals surface area contributed by atoms with E-state index >= 15 is 0 Å². The number of rotatable bonds is 3. The lowest BCUT2D eigenvalue weighted by Crippen LogP contribution is -2.54. The van der Waals surface area contributed by atoms with Crippen molar-refractivity contribution < 1.29 is 9.53 Å². The minimum atomic E-state index is -0.613. The van der Waals surface area contributed by atoms with Gasteiger partial charge in [0, 0.05) is 23.7 Å². The summed E-state index contributed by atoms with van der Waals surface area (Å²) in [6.07, 6.45) is 0. The van der Waals surface area contributed by atoms with E-state index in [1.165, 1.54) is 0 Å². The first-order chi connectivity index (χ1) is 8.93. The quantitative estimate of drug-likeness (QED) is 0.803. The van der Waals surface area contributed by atoms with Crippen molar-refractivity contribution in [3.63, 3.8) is 0 Å². The van der Waals surface area contributed by atoms with Crippen LogP contribution < -0.4 is 0 Å². The molecule has 0 aromatic heterocycles. The fourth-order valence-electron chi connectivity index (χ4n) is 2.27. The number of carbonyl (C=O) groups excluding carboxylic acids is 1. The predicted molar refractivity (Wildman–Crippen MR) is 77.3 cm³/mol. The molecular formula is C14H17Cl2NO2. The second-order valence-corrected chi connectivity index (χ2v) is 5.96. The number of ketones is 1. The lowest BCUT2D eigenvalue weighted by atomic mass is 9.91. The Morgan fingerprint density at radius 2 is 1.89 bits per heavy atom. The minimum absolute atomic E-state index is 0.0121. The average molecular weight is 302 g/mol. The maximum Gasteiger partial charge on any atom is 0.184 e. The lowest BCUT2D eigenvalue weighted by molar-refractivity contribution is -0.00429. The fourth-order valence-corrected chi connectivity index (χ4v) is 2.64. The highest BCUT2D eigenvalue weighted by Gasteiger charge is 2.36. The SMILES string of the molecule is CC(C)(C(=O)c1cc(Cl)ccc1Cl)N1CCOCC1. The van der Waals surface area contributed by atoms with Crippen LogP contribution in [0.2, 0.25) is 10.0 Å². The summed E-state index contributed by atoms with van der Waals surface area (Å²) >= 11 is 12.1. The van der Waals surface area contributed by atoms with E-state index in [4.69, 9.17) is 27.9 Å². The normalized spacial score (nSPS) is 17.5. The van der Waals surface area contributed by atoms with Gasteiger partial charge in [0.1, 0.15) is 0 Å². The van der Waals surface area contributed by atoms with Gasteiger partial charge in [0.25, 0.3) is 0 Å². The largest absolute Gasteiger partial charge is 0.379 e. The summed E-state index contributed by atoms with van der Waals surface area (Å²) in [5.74, 6) is -0.0121. The number of Topliss-reactive ketones (excluding diaryl/α,β-unsaturated/α-hetero) is 1. The molecule has 1 aliphatic rings. The number of hydrogen-bond acceptors (Lipinski definition) is 3. The summed E-state index contributed by atoms with van der Waals surface area (Å²) in [6.45, 7) is 6.63. The van der Waals surface area contributed by atoms with E-state index in [9.17, 15) is 4.79 Å². The zero-order valence-electron chi connectivity index (χ0n) is 11.1. The van der Waals surface area contributed by atoms with Gasteiger partial charge in [-0.05, 0) is 32.0 Å². The van der Waals surface area contributed by atoms with Gasteiger partial charge in [-0.2, -0.15) is 0 Å². The van der Waals surface area contributed by atoms with Gasteiger partial charge >= 0.3 is 0 Å². The predicted octanol–water partition coefficient (Wildman–Crippen LogP) is 3.29. The molecule has 2 rings (SSSR count). The third kappa shape index (κ3) is 3.11. The molecule has 0 spiro atoms. The van der Waals surface area contributed by atoms with Crippen LogP contribution in [0.25, 0.3) is 0 Å². The van der Waals surface area contributed by atoms with Crippen molar-refractivity contribution >= 4 is 29.0 Å². The first kappa shape index (κ1) is 14.8. The van der Waals surface area contributed by atoms with Gasteiger partial charge in [-0.1, -0.05) is 23.2 Å². The van der Waals surface area contributed by atoms with Crippen molar-refractivity contribution in [2.75, 3.05) is 26.3 Å². The third-order valence-corrected chi connectivity index (χ3v) is 4.10. The Kier molecular flexibility index (Phi) is 4.51. The highest BCUT2D eigenvalue weighted by atomic mass is 35.5. The Morgan fingerprint density at radius 1 is 1.26 bits per heavy atom. The van der Waals surface area contributed by atoms with Crippen molar-refractivity contribution in [1.29, 1.82) is 0 Å². The van der Waals surface area contributed by atoms with E-state index in [2.05, 4.69) is 4.90 Å². The van der Waals surface area contributed by atoms with Crippen LogP contribution in [0.4, 0.5) is 0 Å². The average Bonchev–Trinajstić information content (AvgIpc) is 2.41. The first-order valence-corrected chi connectivity index (χ1v) is 7.01. The van der Waals surface area contributed by atoms with Crippen LogP contribution in [0.15, 0.2) is 18.2 Å². The molecule has 5 heteroatoms. The minimum Gasteiger partial charge on any atom is -0.379 e. The molecule has 3 nitrogen and oxygen atoms in total. The van der Waals surface area contributed by atoms with Gasteiger partial charge in [0.05, 0.1) is 23.8 Å². The maximum absolute atomic E-state index is 12.7. The Labute approximate surface area is 123 Å². The van der Waals surface area contributed by atoms with Gasteiger partial charge in [0.2, 0.25) is 0 Å². The van der Waals surface area contributed by atoms with Crippen molar-refractivity contribution in [3.8, 4) is 0 Å². The van der Waals surface area contributed by atoms with Crippen LogP contribution in [-0.4, -0.2) is 42.5 Å². The molecule has 0 aliphatic carbocycles. The molecule has 0 atom stereocenters. The van der Waals surface area contributed by atoms with E-state index in [0.717, 1.165) is 13.1 Å². The summed E-state index contributed by atoms with van der Waals surface area (Å²) in [7, 11) is 0.